The standard InChI is InChI=1S/C9H17F3N2O3/c1-8(13,9(10,11)12)7(15)14-4-6(17-3)5-16-2/h6H,4-5,13H2,1-3H3,(H,14,15). The van der Waals surface area contributed by atoms with Crippen molar-refractivity contribution in [1.82, 2.24) is 5.32 Å². The van der Waals surface area contributed by atoms with Crippen LogP contribution in [-0.2, 0) is 14.3 Å². The van der Waals surface area contributed by atoms with Crippen molar-refractivity contribution >= 4 is 5.91 Å². The minimum atomic E-state index is -4.80. The SMILES string of the molecule is COCC(CNC(=O)C(C)(N)C(F)(F)F)OC. The van der Waals surface area contributed by atoms with Crippen molar-refractivity contribution in [1.29, 1.82) is 0 Å². The van der Waals surface area contributed by atoms with Crippen LogP contribution in [0.1, 0.15) is 6.92 Å². The van der Waals surface area contributed by atoms with E-state index in [1.807, 2.05) is 0 Å². The van der Waals surface area contributed by atoms with E-state index in [-0.39, 0.29) is 13.2 Å². The van der Waals surface area contributed by atoms with Crippen molar-refractivity contribution in [3.8, 4) is 0 Å². The van der Waals surface area contributed by atoms with Crippen LogP contribution >= 0.6 is 0 Å². The highest BCUT2D eigenvalue weighted by atomic mass is 19.4. The molecule has 0 heterocycles. The number of ether oxygens (including phenoxy) is 2. The van der Waals surface area contributed by atoms with E-state index in [1.165, 1.54) is 14.2 Å². The van der Waals surface area contributed by atoms with Crippen LogP contribution in [0.15, 0.2) is 0 Å². The molecule has 0 aliphatic heterocycles. The zero-order valence-corrected chi connectivity index (χ0v) is 9.93. The normalized spacial score (nSPS) is 17.4. The van der Waals surface area contributed by atoms with E-state index in [9.17, 15) is 18.0 Å². The fraction of sp³-hybridized carbons (Fsp3) is 0.889. The second-order valence-corrected chi connectivity index (χ2v) is 3.72. The summed E-state index contributed by atoms with van der Waals surface area (Å²) in [4.78, 5) is 11.3. The molecule has 2 atom stereocenters. The van der Waals surface area contributed by atoms with Crippen molar-refractivity contribution in [3.63, 3.8) is 0 Å². The minimum absolute atomic E-state index is 0.105. The highest BCUT2D eigenvalue weighted by molar-refractivity contribution is 5.86. The molecule has 0 saturated heterocycles. The Morgan fingerprint density at radius 1 is 1.41 bits per heavy atom. The highest BCUT2D eigenvalue weighted by Crippen LogP contribution is 2.27. The van der Waals surface area contributed by atoms with Gasteiger partial charge in [0.15, 0.2) is 5.54 Å². The molecule has 17 heavy (non-hydrogen) atoms. The van der Waals surface area contributed by atoms with Crippen molar-refractivity contribution in [3.05, 3.63) is 0 Å². The summed E-state index contributed by atoms with van der Waals surface area (Å²) in [5.41, 5.74) is 2.01. The van der Waals surface area contributed by atoms with Gasteiger partial charge < -0.3 is 20.5 Å². The number of carbonyl (C=O) groups excluding carboxylic acids is 1. The first-order valence-corrected chi connectivity index (χ1v) is 4.82. The summed E-state index contributed by atoms with van der Waals surface area (Å²) in [5, 5.41) is 2.08. The highest BCUT2D eigenvalue weighted by Gasteiger charge is 2.53. The van der Waals surface area contributed by atoms with E-state index in [4.69, 9.17) is 15.2 Å². The number of hydrogen-bond acceptors (Lipinski definition) is 4. The summed E-state index contributed by atoms with van der Waals surface area (Å²) >= 11 is 0. The number of nitrogens with one attached hydrogen (secondary N) is 1. The van der Waals surface area contributed by atoms with Crippen LogP contribution in [0.2, 0.25) is 0 Å². The Morgan fingerprint density at radius 2 is 1.94 bits per heavy atom. The van der Waals surface area contributed by atoms with E-state index in [0.29, 0.717) is 6.92 Å². The van der Waals surface area contributed by atoms with Crippen molar-refractivity contribution in [2.24, 2.45) is 5.73 Å². The van der Waals surface area contributed by atoms with Gasteiger partial charge in [0.1, 0.15) is 0 Å². The van der Waals surface area contributed by atoms with Gasteiger partial charge in [0.05, 0.1) is 12.7 Å². The molecule has 1 amide bonds. The Labute approximate surface area is 97.4 Å². The van der Waals surface area contributed by atoms with E-state index in [2.05, 4.69) is 5.32 Å². The van der Waals surface area contributed by atoms with Crippen LogP contribution in [0, 0.1) is 0 Å². The van der Waals surface area contributed by atoms with Gasteiger partial charge in [-0.15, -0.1) is 0 Å². The fourth-order valence-electron chi connectivity index (χ4n) is 0.915. The average molecular weight is 258 g/mol. The lowest BCUT2D eigenvalue weighted by Crippen LogP contribution is -2.62. The Balaban J connectivity index is 4.36. The summed E-state index contributed by atoms with van der Waals surface area (Å²) < 4.78 is 46.8. The molecule has 0 aromatic rings. The van der Waals surface area contributed by atoms with Gasteiger partial charge in [0.2, 0.25) is 5.91 Å². The molecule has 0 aliphatic rings. The quantitative estimate of drug-likeness (QED) is 0.705. The maximum atomic E-state index is 12.4. The molecule has 0 spiro atoms. The molecule has 0 aromatic heterocycles. The molecule has 0 saturated carbocycles. The number of alkyl halides is 3. The van der Waals surface area contributed by atoms with Gasteiger partial charge in [-0.05, 0) is 6.92 Å². The number of carbonyl (C=O) groups is 1. The molecule has 3 N–H and O–H groups in total. The molecule has 0 fully saturated rings. The lowest BCUT2D eigenvalue weighted by Gasteiger charge is -2.27. The maximum Gasteiger partial charge on any atom is 0.415 e. The Hall–Kier alpha value is -0.860. The van der Waals surface area contributed by atoms with Crippen LogP contribution in [0.25, 0.3) is 0 Å². The predicted octanol–water partition coefficient (Wildman–Crippen LogP) is 0.0437. The van der Waals surface area contributed by atoms with E-state index in [0.717, 1.165) is 0 Å². The van der Waals surface area contributed by atoms with Crippen molar-refractivity contribution in [2.75, 3.05) is 27.4 Å². The summed E-state index contributed by atoms with van der Waals surface area (Å²) in [5.74, 6) is -1.30. The molecule has 0 aromatic carbocycles. The summed E-state index contributed by atoms with van der Waals surface area (Å²) in [6.45, 7) is 0.663. The summed E-state index contributed by atoms with van der Waals surface area (Å²) in [6, 6.07) is 0. The number of methoxy groups -OCH3 is 2. The van der Waals surface area contributed by atoms with Crippen molar-refractivity contribution in [2.45, 2.75) is 24.7 Å². The maximum absolute atomic E-state index is 12.4. The first-order valence-electron chi connectivity index (χ1n) is 4.82. The first kappa shape index (κ1) is 16.1. The number of amides is 1. The number of rotatable bonds is 6. The Kier molecular flexibility index (Phi) is 5.86. The predicted molar refractivity (Wildman–Crippen MR) is 54.3 cm³/mol. The Morgan fingerprint density at radius 3 is 2.29 bits per heavy atom. The minimum Gasteiger partial charge on any atom is -0.382 e. The first-order chi connectivity index (χ1) is 7.66. The van der Waals surface area contributed by atoms with Gasteiger partial charge in [-0.2, -0.15) is 13.2 Å². The number of hydrogen-bond donors (Lipinski definition) is 2. The monoisotopic (exact) mass is 258 g/mol. The van der Waals surface area contributed by atoms with E-state index < -0.39 is 23.7 Å². The van der Waals surface area contributed by atoms with Crippen LogP contribution in [0.4, 0.5) is 13.2 Å². The van der Waals surface area contributed by atoms with Crippen molar-refractivity contribution < 1.29 is 27.4 Å². The zero-order valence-electron chi connectivity index (χ0n) is 9.93. The lowest BCUT2D eigenvalue weighted by atomic mass is 10.0. The molecule has 0 radical (unpaired) electrons. The molecule has 0 bridgehead atoms. The molecular formula is C9H17F3N2O3. The van der Waals surface area contributed by atoms with Crippen LogP contribution in [-0.4, -0.2) is 51.1 Å². The largest absolute Gasteiger partial charge is 0.415 e. The van der Waals surface area contributed by atoms with Gasteiger partial charge in [-0.25, -0.2) is 0 Å². The smallest absolute Gasteiger partial charge is 0.382 e. The van der Waals surface area contributed by atoms with Gasteiger partial charge in [-0.3, -0.25) is 4.79 Å². The van der Waals surface area contributed by atoms with E-state index >= 15 is 0 Å². The van der Waals surface area contributed by atoms with Crippen LogP contribution in [0.3, 0.4) is 0 Å². The molecular weight excluding hydrogens is 241 g/mol. The lowest BCUT2D eigenvalue weighted by molar-refractivity contribution is -0.187. The molecule has 5 nitrogen and oxygen atoms in total. The molecule has 0 rings (SSSR count). The topological polar surface area (TPSA) is 73.6 Å². The third kappa shape index (κ3) is 4.49. The van der Waals surface area contributed by atoms with Gasteiger partial charge in [0.25, 0.3) is 0 Å². The zero-order chi connectivity index (χ0) is 13.7. The average Bonchev–Trinajstić information content (AvgIpc) is 2.21. The van der Waals surface area contributed by atoms with Gasteiger partial charge >= 0.3 is 6.18 Å². The molecule has 8 heteroatoms. The fourth-order valence-corrected chi connectivity index (χ4v) is 0.915. The van der Waals surface area contributed by atoms with E-state index in [1.54, 1.807) is 0 Å². The molecule has 2 unspecified atom stereocenters. The molecule has 0 aliphatic carbocycles. The third-order valence-corrected chi connectivity index (χ3v) is 2.24. The number of halogens is 3. The van der Waals surface area contributed by atoms with Crippen LogP contribution in [0.5, 0.6) is 0 Å². The van der Waals surface area contributed by atoms with Crippen LogP contribution < -0.4 is 11.1 Å². The Bertz CT molecular complexity index is 256. The van der Waals surface area contributed by atoms with Gasteiger partial charge in [-0.1, -0.05) is 0 Å². The summed E-state index contributed by atoms with van der Waals surface area (Å²) in [7, 11) is 2.78. The van der Waals surface area contributed by atoms with Gasteiger partial charge in [0, 0.05) is 20.8 Å². The second kappa shape index (κ2) is 6.18. The summed E-state index contributed by atoms with van der Waals surface area (Å²) in [6.07, 6.45) is -5.33. The number of nitrogens with two attached hydrogens (primary N) is 1. The molecule has 102 valence electrons. The third-order valence-electron chi connectivity index (χ3n) is 2.24. The second-order valence-electron chi connectivity index (χ2n) is 3.72.